The van der Waals surface area contributed by atoms with Gasteiger partial charge in [-0.1, -0.05) is 0 Å². The Morgan fingerprint density at radius 3 is 2.55 bits per heavy atom. The third-order valence-electron chi connectivity index (χ3n) is 9.45. The fraction of sp³-hybridized carbons (Fsp3) is 0.371. The van der Waals surface area contributed by atoms with Gasteiger partial charge < -0.3 is 25.3 Å². The molecule has 1 atom stereocenters. The lowest BCUT2D eigenvalue weighted by atomic mass is 9.99. The second kappa shape index (κ2) is 12.7. The van der Waals surface area contributed by atoms with Gasteiger partial charge in [0.15, 0.2) is 6.10 Å². The van der Waals surface area contributed by atoms with E-state index in [2.05, 4.69) is 30.7 Å². The number of carbonyl (C=O) groups is 4. The van der Waals surface area contributed by atoms with Crippen molar-refractivity contribution in [3.05, 3.63) is 76.4 Å². The number of allylic oxidation sites excluding steroid dienone is 1. The lowest BCUT2D eigenvalue weighted by molar-refractivity contribution is -0.138. The van der Waals surface area contributed by atoms with E-state index in [0.29, 0.717) is 53.9 Å². The number of amides is 4. The summed E-state index contributed by atoms with van der Waals surface area (Å²) in [5.41, 5.74) is 6.64. The van der Waals surface area contributed by atoms with Crippen molar-refractivity contribution in [1.29, 1.82) is 0 Å². The zero-order valence-electron chi connectivity index (χ0n) is 26.2. The first-order chi connectivity index (χ1) is 22.7. The number of halogens is 1. The topological polar surface area (TPSA) is 136 Å². The highest BCUT2D eigenvalue weighted by Crippen LogP contribution is 2.44. The van der Waals surface area contributed by atoms with Crippen LogP contribution in [0.2, 0.25) is 0 Å². The molecule has 0 bridgehead atoms. The van der Waals surface area contributed by atoms with Crippen LogP contribution in [-0.2, 0) is 20.8 Å². The molecule has 2 saturated heterocycles. The van der Waals surface area contributed by atoms with Crippen LogP contribution in [0.3, 0.4) is 0 Å². The second-order valence-corrected chi connectivity index (χ2v) is 12.5. The largest absolute Gasteiger partial charge is 0.481 e. The van der Waals surface area contributed by atoms with Crippen LogP contribution in [0, 0.1) is 12.7 Å². The van der Waals surface area contributed by atoms with Gasteiger partial charge in [0.1, 0.15) is 11.6 Å². The number of nitrogens with zero attached hydrogens (tertiary/aromatic N) is 2. The molecule has 2 fully saturated rings. The van der Waals surface area contributed by atoms with Crippen molar-refractivity contribution in [3.8, 4) is 5.75 Å². The predicted molar refractivity (Wildman–Crippen MR) is 175 cm³/mol. The SMILES string of the molecule is Cc1[nH]c2c(c1C(=O)NCCCN1CCN(c3ccc(OC4CCC(=O)NC4=O)cc3)CC1)CC/C2=C1/C(=O)Nc2ccc(F)cc21. The van der Waals surface area contributed by atoms with Crippen molar-refractivity contribution in [1.82, 2.24) is 20.5 Å². The molecule has 0 saturated carbocycles. The third-order valence-corrected chi connectivity index (χ3v) is 9.45. The van der Waals surface area contributed by atoms with Crippen LogP contribution in [0.25, 0.3) is 11.1 Å². The highest BCUT2D eigenvalue weighted by molar-refractivity contribution is 6.37. The highest BCUT2D eigenvalue weighted by Gasteiger charge is 2.35. The van der Waals surface area contributed by atoms with Crippen LogP contribution in [0.15, 0.2) is 42.5 Å². The summed E-state index contributed by atoms with van der Waals surface area (Å²) in [4.78, 5) is 57.5. The van der Waals surface area contributed by atoms with Crippen LogP contribution in [0.4, 0.5) is 15.8 Å². The molecule has 0 radical (unpaired) electrons. The van der Waals surface area contributed by atoms with Gasteiger partial charge in [-0.15, -0.1) is 0 Å². The maximum absolute atomic E-state index is 14.0. The number of anilines is 2. The van der Waals surface area contributed by atoms with Gasteiger partial charge in [0, 0.05) is 73.9 Å². The molecule has 0 spiro atoms. The molecule has 4 heterocycles. The van der Waals surface area contributed by atoms with Crippen molar-refractivity contribution >= 4 is 46.1 Å². The molecule has 12 heteroatoms. The monoisotopic (exact) mass is 640 g/mol. The number of aryl methyl sites for hydroxylation is 1. The summed E-state index contributed by atoms with van der Waals surface area (Å²) in [5, 5.41) is 8.23. The molecule has 3 aliphatic heterocycles. The van der Waals surface area contributed by atoms with E-state index in [4.69, 9.17) is 4.74 Å². The Morgan fingerprint density at radius 1 is 1.00 bits per heavy atom. The van der Waals surface area contributed by atoms with E-state index in [9.17, 15) is 23.6 Å². The minimum absolute atomic E-state index is 0.122. The fourth-order valence-corrected chi connectivity index (χ4v) is 7.06. The molecular formula is C35H37FN6O5. The number of carbonyl (C=O) groups excluding carboxylic acids is 4. The Kier molecular flexibility index (Phi) is 8.27. The Morgan fingerprint density at radius 2 is 1.79 bits per heavy atom. The van der Waals surface area contributed by atoms with Gasteiger partial charge in [-0.3, -0.25) is 29.4 Å². The van der Waals surface area contributed by atoms with Crippen molar-refractivity contribution in [3.63, 3.8) is 0 Å². The number of hydrogen-bond donors (Lipinski definition) is 4. The summed E-state index contributed by atoms with van der Waals surface area (Å²) in [6.45, 7) is 6.86. The second-order valence-electron chi connectivity index (χ2n) is 12.5. The molecule has 11 nitrogen and oxygen atoms in total. The average Bonchev–Trinajstić information content (AvgIpc) is 3.71. The molecule has 7 rings (SSSR count). The number of imide groups is 1. The van der Waals surface area contributed by atoms with E-state index in [0.717, 1.165) is 67.4 Å². The number of rotatable bonds is 8. The number of aromatic amines is 1. The van der Waals surface area contributed by atoms with E-state index < -0.39 is 17.8 Å². The van der Waals surface area contributed by atoms with Gasteiger partial charge in [0.25, 0.3) is 17.7 Å². The van der Waals surface area contributed by atoms with Crippen LogP contribution in [0.1, 0.15) is 58.6 Å². The van der Waals surface area contributed by atoms with Crippen molar-refractivity contribution < 1.29 is 28.3 Å². The summed E-state index contributed by atoms with van der Waals surface area (Å²) in [7, 11) is 0. The lowest BCUT2D eigenvalue weighted by Crippen LogP contribution is -2.47. The van der Waals surface area contributed by atoms with E-state index in [1.807, 2.05) is 31.2 Å². The van der Waals surface area contributed by atoms with Gasteiger partial charge in [0.2, 0.25) is 5.91 Å². The molecule has 2 aromatic carbocycles. The Bertz CT molecular complexity index is 1790. The lowest BCUT2D eigenvalue weighted by Gasteiger charge is -2.36. The first-order valence-corrected chi connectivity index (χ1v) is 16.2. The molecule has 1 aromatic heterocycles. The number of aromatic nitrogens is 1. The van der Waals surface area contributed by atoms with Gasteiger partial charge in [0.05, 0.1) is 11.1 Å². The number of nitrogens with one attached hydrogen (secondary N) is 4. The number of piperidine rings is 1. The van der Waals surface area contributed by atoms with E-state index >= 15 is 0 Å². The van der Waals surface area contributed by atoms with E-state index in [1.165, 1.54) is 12.1 Å². The van der Waals surface area contributed by atoms with Crippen molar-refractivity contribution in [2.75, 3.05) is 49.5 Å². The van der Waals surface area contributed by atoms with Crippen molar-refractivity contribution in [2.24, 2.45) is 0 Å². The van der Waals surface area contributed by atoms with Gasteiger partial charge in [-0.25, -0.2) is 4.39 Å². The van der Waals surface area contributed by atoms with Gasteiger partial charge in [-0.05, 0) is 86.3 Å². The maximum atomic E-state index is 14.0. The van der Waals surface area contributed by atoms with Crippen LogP contribution >= 0.6 is 0 Å². The molecule has 47 heavy (non-hydrogen) atoms. The molecule has 4 N–H and O–H groups in total. The summed E-state index contributed by atoms with van der Waals surface area (Å²) < 4.78 is 19.8. The molecule has 1 aliphatic carbocycles. The van der Waals surface area contributed by atoms with Crippen molar-refractivity contribution in [2.45, 2.75) is 45.1 Å². The average molecular weight is 641 g/mol. The maximum Gasteiger partial charge on any atom is 0.267 e. The first kappa shape index (κ1) is 30.7. The summed E-state index contributed by atoms with van der Waals surface area (Å²) >= 11 is 0. The van der Waals surface area contributed by atoms with Crippen LogP contribution in [0.5, 0.6) is 5.75 Å². The Hall–Kier alpha value is -4.97. The molecule has 244 valence electrons. The molecule has 3 aromatic rings. The Balaban J connectivity index is 0.885. The smallest absolute Gasteiger partial charge is 0.267 e. The summed E-state index contributed by atoms with van der Waals surface area (Å²) in [6, 6.07) is 12.0. The molecule has 4 amide bonds. The summed E-state index contributed by atoms with van der Waals surface area (Å²) in [5.74, 6) is -0.817. The minimum Gasteiger partial charge on any atom is -0.481 e. The van der Waals surface area contributed by atoms with Gasteiger partial charge in [-0.2, -0.15) is 0 Å². The minimum atomic E-state index is -0.650. The molecule has 4 aliphatic rings. The standard InChI is InChI=1S/C35H37FN6O5/c1-20-30(24-8-9-25(32(24)38-20)31-26-19-21(36)3-10-27(26)39-35(31)46)34(45)37-13-2-14-41-15-17-42(18-16-41)22-4-6-23(7-5-22)47-28-11-12-29(43)40-33(28)44/h3-7,10,19,28,38H,2,8-9,11-18H2,1H3,(H,37,45)(H,39,46)(H,40,43,44)/b31-25-. The third kappa shape index (κ3) is 6.12. The number of H-pyrrole nitrogens is 1. The van der Waals surface area contributed by atoms with Crippen LogP contribution < -0.4 is 25.6 Å². The number of ether oxygens (including phenoxy) is 1. The molecular weight excluding hydrogens is 603 g/mol. The molecule has 1 unspecified atom stereocenters. The quantitative estimate of drug-likeness (QED) is 0.168. The Labute approximate surface area is 271 Å². The number of benzene rings is 2. The number of hydrogen-bond acceptors (Lipinski definition) is 7. The normalized spacial score (nSPS) is 20.9. The highest BCUT2D eigenvalue weighted by atomic mass is 19.1. The van der Waals surface area contributed by atoms with E-state index in [-0.39, 0.29) is 24.1 Å². The first-order valence-electron chi connectivity index (χ1n) is 16.2. The van der Waals surface area contributed by atoms with Gasteiger partial charge >= 0.3 is 0 Å². The van der Waals surface area contributed by atoms with Crippen LogP contribution in [-0.4, -0.2) is 78.9 Å². The summed E-state index contributed by atoms with van der Waals surface area (Å²) in [6.07, 6.45) is 2.07. The zero-order valence-corrected chi connectivity index (χ0v) is 26.2. The predicted octanol–water partition coefficient (Wildman–Crippen LogP) is 3.40. The fourth-order valence-electron chi connectivity index (χ4n) is 7.06. The zero-order chi connectivity index (χ0) is 32.7. The number of piperazine rings is 1. The van der Waals surface area contributed by atoms with E-state index in [1.54, 1.807) is 6.07 Å². The number of fused-ring (bicyclic) bond motifs is 2.